The van der Waals surface area contributed by atoms with Gasteiger partial charge in [0, 0.05) is 17.9 Å². The van der Waals surface area contributed by atoms with E-state index in [1.807, 2.05) is 0 Å². The van der Waals surface area contributed by atoms with Gasteiger partial charge in [0.1, 0.15) is 0 Å². The second-order valence-corrected chi connectivity index (χ2v) is 12.9. The molecule has 20 heavy (non-hydrogen) atoms. The second kappa shape index (κ2) is 5.43. The maximum atomic E-state index is 5.96. The van der Waals surface area contributed by atoms with Gasteiger partial charge < -0.3 is 10.3 Å². The van der Waals surface area contributed by atoms with Gasteiger partial charge in [-0.1, -0.05) is 41.5 Å². The number of hydrogen-bond donors (Lipinski definition) is 1. The minimum Gasteiger partial charge on any atom is -0.399 e. The Labute approximate surface area is 125 Å². The largest absolute Gasteiger partial charge is 0.399 e. The summed E-state index contributed by atoms with van der Waals surface area (Å²) in [5, 5.41) is 0. The fourth-order valence-corrected chi connectivity index (χ4v) is 11.8. The number of anilines is 2. The van der Waals surface area contributed by atoms with Crippen molar-refractivity contribution in [2.75, 3.05) is 16.8 Å². The van der Waals surface area contributed by atoms with Gasteiger partial charge in [-0.25, -0.2) is 0 Å². The van der Waals surface area contributed by atoms with Crippen LogP contribution in [-0.4, -0.2) is 14.8 Å². The summed E-state index contributed by atoms with van der Waals surface area (Å²) in [5.74, 6) is 0. The molecule has 2 N–H and O–H groups in total. The summed E-state index contributed by atoms with van der Waals surface area (Å²) >= 11 is 0. The third-order valence-electron chi connectivity index (χ3n) is 5.24. The van der Waals surface area contributed by atoms with Crippen LogP contribution >= 0.6 is 0 Å². The molecule has 0 bridgehead atoms. The zero-order valence-corrected chi connectivity index (χ0v) is 14.9. The molecule has 0 fully saturated rings. The first-order chi connectivity index (χ1) is 9.31. The SMILES string of the molecule is CC(C)[Si](C(C)C)(C(C)C)N1CCc2cc(N)ccc21. The molecule has 2 nitrogen and oxygen atoms in total. The van der Waals surface area contributed by atoms with Crippen molar-refractivity contribution >= 4 is 19.6 Å². The molecular formula is C17H30N2Si. The van der Waals surface area contributed by atoms with E-state index in [4.69, 9.17) is 5.73 Å². The molecule has 3 heteroatoms. The lowest BCUT2D eigenvalue weighted by atomic mass is 10.1. The fraction of sp³-hybridized carbons (Fsp3) is 0.647. The Morgan fingerprint density at radius 2 is 1.55 bits per heavy atom. The van der Waals surface area contributed by atoms with E-state index in [0.717, 1.165) is 28.7 Å². The van der Waals surface area contributed by atoms with Crippen molar-refractivity contribution in [2.45, 2.75) is 64.6 Å². The molecule has 1 aromatic rings. The van der Waals surface area contributed by atoms with Crippen molar-refractivity contribution < 1.29 is 0 Å². The van der Waals surface area contributed by atoms with E-state index in [1.54, 1.807) is 0 Å². The molecule has 0 atom stereocenters. The summed E-state index contributed by atoms with van der Waals surface area (Å²) in [4.78, 5) is 0. The summed E-state index contributed by atoms with van der Waals surface area (Å²) in [7, 11) is -1.57. The van der Waals surface area contributed by atoms with Gasteiger partial charge in [-0.05, 0) is 46.8 Å². The molecule has 0 radical (unpaired) electrons. The van der Waals surface area contributed by atoms with Crippen LogP contribution in [-0.2, 0) is 6.42 Å². The maximum Gasteiger partial charge on any atom is 0.164 e. The van der Waals surface area contributed by atoms with E-state index in [1.165, 1.54) is 17.8 Å². The summed E-state index contributed by atoms with van der Waals surface area (Å²) < 4.78 is 2.81. The highest BCUT2D eigenvalue weighted by molar-refractivity contribution is 6.86. The van der Waals surface area contributed by atoms with Crippen molar-refractivity contribution in [3.05, 3.63) is 23.8 Å². The lowest BCUT2D eigenvalue weighted by Crippen LogP contribution is -2.60. The third-order valence-corrected chi connectivity index (χ3v) is 12.2. The Hall–Kier alpha value is -0.963. The monoisotopic (exact) mass is 290 g/mol. The van der Waals surface area contributed by atoms with Crippen molar-refractivity contribution in [2.24, 2.45) is 0 Å². The molecule has 1 aromatic carbocycles. The predicted molar refractivity (Wildman–Crippen MR) is 93.0 cm³/mol. The smallest absolute Gasteiger partial charge is 0.164 e. The first kappa shape index (κ1) is 15.4. The van der Waals surface area contributed by atoms with E-state index in [9.17, 15) is 0 Å². The Morgan fingerprint density at radius 3 is 2.05 bits per heavy atom. The van der Waals surface area contributed by atoms with Crippen LogP contribution in [0.5, 0.6) is 0 Å². The first-order valence-corrected chi connectivity index (χ1v) is 10.2. The summed E-state index contributed by atoms with van der Waals surface area (Å²) in [6, 6.07) is 6.50. The van der Waals surface area contributed by atoms with Crippen LogP contribution in [0, 0.1) is 0 Å². The molecule has 112 valence electrons. The molecule has 0 saturated heterocycles. The van der Waals surface area contributed by atoms with Crippen LogP contribution in [0.4, 0.5) is 11.4 Å². The molecule has 0 spiro atoms. The number of nitrogen functional groups attached to an aromatic ring is 1. The normalized spacial score (nSPS) is 15.6. The number of nitrogens with zero attached hydrogens (tertiary/aromatic N) is 1. The fourth-order valence-electron chi connectivity index (χ4n) is 4.76. The number of fused-ring (bicyclic) bond motifs is 1. The minimum absolute atomic E-state index is 0.756. The lowest BCUT2D eigenvalue weighted by molar-refractivity contribution is 0.777. The Kier molecular flexibility index (Phi) is 4.19. The third kappa shape index (κ3) is 2.16. The predicted octanol–water partition coefficient (Wildman–Crippen LogP) is 4.81. The van der Waals surface area contributed by atoms with Crippen molar-refractivity contribution in [1.29, 1.82) is 0 Å². The van der Waals surface area contributed by atoms with Gasteiger partial charge in [0.15, 0.2) is 8.24 Å². The summed E-state index contributed by atoms with van der Waals surface area (Å²) in [6.45, 7) is 15.8. The number of nitrogens with two attached hydrogens (primary N) is 1. The Balaban J connectivity index is 2.53. The van der Waals surface area contributed by atoms with Crippen LogP contribution in [0.15, 0.2) is 18.2 Å². The number of rotatable bonds is 4. The Morgan fingerprint density at radius 1 is 1.00 bits per heavy atom. The quantitative estimate of drug-likeness (QED) is 0.637. The molecule has 2 rings (SSSR count). The van der Waals surface area contributed by atoms with E-state index >= 15 is 0 Å². The van der Waals surface area contributed by atoms with E-state index in [0.29, 0.717) is 0 Å². The number of benzene rings is 1. The average Bonchev–Trinajstić information content (AvgIpc) is 2.72. The van der Waals surface area contributed by atoms with E-state index in [-0.39, 0.29) is 0 Å². The van der Waals surface area contributed by atoms with Crippen molar-refractivity contribution in [3.8, 4) is 0 Å². The molecule has 1 heterocycles. The van der Waals surface area contributed by atoms with Gasteiger partial charge in [-0.15, -0.1) is 0 Å². The highest BCUT2D eigenvalue weighted by Gasteiger charge is 2.49. The molecule has 0 aromatic heterocycles. The van der Waals surface area contributed by atoms with E-state index in [2.05, 4.69) is 64.3 Å². The van der Waals surface area contributed by atoms with Crippen LogP contribution in [0.25, 0.3) is 0 Å². The van der Waals surface area contributed by atoms with Gasteiger partial charge in [-0.2, -0.15) is 0 Å². The van der Waals surface area contributed by atoms with Crippen LogP contribution in [0.3, 0.4) is 0 Å². The molecule has 1 aliphatic heterocycles. The van der Waals surface area contributed by atoms with Gasteiger partial charge in [-0.3, -0.25) is 0 Å². The van der Waals surface area contributed by atoms with Crippen LogP contribution < -0.4 is 10.3 Å². The molecule has 0 amide bonds. The second-order valence-electron chi connectivity index (χ2n) is 7.14. The molecule has 1 aliphatic rings. The van der Waals surface area contributed by atoms with Crippen molar-refractivity contribution in [1.82, 2.24) is 0 Å². The molecule has 0 unspecified atom stereocenters. The summed E-state index contributed by atoms with van der Waals surface area (Å²) in [5.41, 5.74) is 12.0. The zero-order valence-electron chi connectivity index (χ0n) is 13.9. The Bertz CT molecular complexity index is 458. The highest BCUT2D eigenvalue weighted by Crippen LogP contribution is 2.48. The molecular weight excluding hydrogens is 260 g/mol. The van der Waals surface area contributed by atoms with Gasteiger partial charge in [0.05, 0.1) is 0 Å². The van der Waals surface area contributed by atoms with E-state index < -0.39 is 8.24 Å². The van der Waals surface area contributed by atoms with Crippen molar-refractivity contribution in [3.63, 3.8) is 0 Å². The van der Waals surface area contributed by atoms with Gasteiger partial charge in [0.25, 0.3) is 0 Å². The first-order valence-electron chi connectivity index (χ1n) is 7.97. The molecule has 0 saturated carbocycles. The maximum absolute atomic E-state index is 5.96. The zero-order chi connectivity index (χ0) is 15.1. The highest BCUT2D eigenvalue weighted by atomic mass is 28.3. The van der Waals surface area contributed by atoms with Gasteiger partial charge in [0.2, 0.25) is 0 Å². The topological polar surface area (TPSA) is 29.3 Å². The molecule has 0 aliphatic carbocycles. The average molecular weight is 291 g/mol. The number of hydrogen-bond acceptors (Lipinski definition) is 2. The lowest BCUT2D eigenvalue weighted by Gasteiger charge is -2.51. The van der Waals surface area contributed by atoms with Crippen LogP contribution in [0.2, 0.25) is 16.6 Å². The summed E-state index contributed by atoms with van der Waals surface area (Å²) in [6.07, 6.45) is 1.15. The standard InChI is InChI=1S/C17H30N2Si/c1-12(2)20(13(3)4,14(5)6)19-10-9-15-11-16(18)7-8-17(15)19/h7-8,11-14H,9-10,18H2,1-6H3. The minimum atomic E-state index is -1.57. The van der Waals surface area contributed by atoms with Gasteiger partial charge >= 0.3 is 0 Å². The van der Waals surface area contributed by atoms with Crippen LogP contribution in [0.1, 0.15) is 47.1 Å².